The fourth-order valence-electron chi connectivity index (χ4n) is 1.04. The average Bonchev–Trinajstić information content (AvgIpc) is 2.17. The summed E-state index contributed by atoms with van der Waals surface area (Å²) in [5.41, 5.74) is 4.87. The molecule has 5 heteroatoms. The average molecular weight is 213 g/mol. The lowest BCUT2D eigenvalue weighted by molar-refractivity contribution is -0.113. The number of hydrogen-bond donors (Lipinski definition) is 1. The zero-order valence-corrected chi connectivity index (χ0v) is 7.96. The van der Waals surface area contributed by atoms with Crippen LogP contribution in [0.15, 0.2) is 18.2 Å². The van der Waals surface area contributed by atoms with Crippen LogP contribution in [-0.2, 0) is 4.79 Å². The molecule has 0 atom stereocenters. The Labute approximate surface area is 85.1 Å². The van der Waals surface area contributed by atoms with E-state index in [9.17, 15) is 13.6 Å². The van der Waals surface area contributed by atoms with Crippen molar-refractivity contribution in [3.63, 3.8) is 0 Å². The molecule has 1 rings (SSSR count). The highest BCUT2D eigenvalue weighted by molar-refractivity contribution is 5.90. The maximum Gasteiger partial charge on any atom is 0.241 e. The van der Waals surface area contributed by atoms with Crippen LogP contribution < -0.4 is 10.5 Å². The van der Waals surface area contributed by atoms with Crippen molar-refractivity contribution >= 4 is 12.0 Å². The van der Waals surface area contributed by atoms with E-state index in [0.717, 1.165) is 25.3 Å². The summed E-state index contributed by atoms with van der Waals surface area (Å²) < 4.78 is 30.9. The minimum absolute atomic E-state index is 0.0343. The largest absolute Gasteiger partial charge is 0.491 e. The maximum atomic E-state index is 13.4. The molecule has 1 aromatic carbocycles. The van der Waals surface area contributed by atoms with Gasteiger partial charge < -0.3 is 10.5 Å². The van der Waals surface area contributed by atoms with Crippen molar-refractivity contribution in [3.8, 4) is 5.75 Å². The van der Waals surface area contributed by atoms with E-state index in [1.165, 1.54) is 6.07 Å². The van der Waals surface area contributed by atoms with Gasteiger partial charge in [0.05, 0.1) is 7.11 Å². The van der Waals surface area contributed by atoms with Crippen LogP contribution in [-0.4, -0.2) is 13.0 Å². The van der Waals surface area contributed by atoms with Gasteiger partial charge in [-0.05, 0) is 18.2 Å². The van der Waals surface area contributed by atoms with Crippen LogP contribution >= 0.6 is 0 Å². The number of hydrogen-bond acceptors (Lipinski definition) is 2. The van der Waals surface area contributed by atoms with E-state index >= 15 is 0 Å². The Hall–Kier alpha value is -1.91. The molecule has 0 radical (unpaired) electrons. The summed E-state index contributed by atoms with van der Waals surface area (Å²) >= 11 is 0. The lowest BCUT2D eigenvalue weighted by Gasteiger charge is -2.05. The minimum Gasteiger partial charge on any atom is -0.491 e. The highest BCUT2D eigenvalue weighted by Gasteiger charge is 2.12. The van der Waals surface area contributed by atoms with Gasteiger partial charge in [-0.25, -0.2) is 8.78 Å². The zero-order valence-electron chi connectivity index (χ0n) is 7.96. The Morgan fingerprint density at radius 2 is 2.13 bits per heavy atom. The lowest BCUT2D eigenvalue weighted by atomic mass is 10.1. The summed E-state index contributed by atoms with van der Waals surface area (Å²) in [5.74, 6) is -2.86. The number of carbonyl (C=O) groups is 1. The molecule has 80 valence electrons. The number of benzene rings is 1. The van der Waals surface area contributed by atoms with Crippen LogP contribution in [0, 0.1) is 11.6 Å². The quantitative estimate of drug-likeness (QED) is 0.773. The van der Waals surface area contributed by atoms with Crippen molar-refractivity contribution in [2.24, 2.45) is 5.73 Å². The second-order valence-electron chi connectivity index (χ2n) is 2.72. The third kappa shape index (κ3) is 2.52. The number of amides is 1. The van der Waals surface area contributed by atoms with Crippen molar-refractivity contribution in [2.75, 3.05) is 7.11 Å². The van der Waals surface area contributed by atoms with Gasteiger partial charge in [-0.2, -0.15) is 0 Å². The van der Waals surface area contributed by atoms with Crippen LogP contribution in [0.2, 0.25) is 0 Å². The van der Waals surface area contributed by atoms with E-state index in [0.29, 0.717) is 0 Å². The predicted octanol–water partition coefficient (Wildman–Crippen LogP) is 1.47. The molecule has 1 amide bonds. The van der Waals surface area contributed by atoms with Crippen molar-refractivity contribution in [1.82, 2.24) is 0 Å². The summed E-state index contributed by atoms with van der Waals surface area (Å²) in [6.45, 7) is 0. The molecule has 0 saturated heterocycles. The summed E-state index contributed by atoms with van der Waals surface area (Å²) in [7, 11) is 1.16. The summed E-state index contributed by atoms with van der Waals surface area (Å²) in [6.07, 6.45) is 2.13. The molecule has 0 aliphatic heterocycles. The second-order valence-corrected chi connectivity index (χ2v) is 2.72. The molecular formula is C10H9F2NO2. The van der Waals surface area contributed by atoms with Crippen molar-refractivity contribution < 1.29 is 18.3 Å². The van der Waals surface area contributed by atoms with E-state index < -0.39 is 23.3 Å². The molecule has 0 saturated carbocycles. The molecule has 0 bridgehead atoms. The van der Waals surface area contributed by atoms with E-state index in [4.69, 9.17) is 5.73 Å². The Kier molecular flexibility index (Phi) is 3.38. The molecule has 3 nitrogen and oxygen atoms in total. The van der Waals surface area contributed by atoms with Gasteiger partial charge in [0, 0.05) is 11.6 Å². The number of carbonyl (C=O) groups excluding carboxylic acids is 1. The number of nitrogens with two attached hydrogens (primary N) is 1. The minimum atomic E-state index is -0.866. The van der Waals surface area contributed by atoms with Gasteiger partial charge in [0.25, 0.3) is 0 Å². The highest BCUT2D eigenvalue weighted by Crippen LogP contribution is 2.24. The SMILES string of the molecule is COc1c(F)ccc(/C=C/C(N)=O)c1F. The Bertz CT molecular complexity index is 416. The molecule has 0 heterocycles. The van der Waals surface area contributed by atoms with Crippen LogP contribution in [0.4, 0.5) is 8.78 Å². The van der Waals surface area contributed by atoms with Crippen molar-refractivity contribution in [3.05, 3.63) is 35.4 Å². The topological polar surface area (TPSA) is 52.3 Å². The maximum absolute atomic E-state index is 13.4. The van der Waals surface area contributed by atoms with Gasteiger partial charge in [0.1, 0.15) is 0 Å². The first-order valence-electron chi connectivity index (χ1n) is 4.05. The third-order valence-electron chi connectivity index (χ3n) is 1.71. The van der Waals surface area contributed by atoms with E-state index in [2.05, 4.69) is 4.74 Å². The first-order valence-corrected chi connectivity index (χ1v) is 4.05. The van der Waals surface area contributed by atoms with Gasteiger partial charge in [-0.15, -0.1) is 0 Å². The lowest BCUT2D eigenvalue weighted by Crippen LogP contribution is -2.05. The number of halogens is 2. The predicted molar refractivity (Wildman–Crippen MR) is 51.1 cm³/mol. The van der Waals surface area contributed by atoms with E-state index in [1.807, 2.05) is 0 Å². The van der Waals surface area contributed by atoms with Gasteiger partial charge in [0.15, 0.2) is 17.4 Å². The molecule has 0 aromatic heterocycles. The molecule has 0 fully saturated rings. The van der Waals surface area contributed by atoms with Crippen LogP contribution in [0.1, 0.15) is 5.56 Å². The van der Waals surface area contributed by atoms with Crippen LogP contribution in [0.25, 0.3) is 6.08 Å². The standard InChI is InChI=1S/C10H9F2NO2/c1-15-10-7(11)4-2-6(9(10)12)3-5-8(13)14/h2-5H,1H3,(H2,13,14)/b5-3+. The summed E-state index contributed by atoms with van der Waals surface area (Å²) in [5, 5.41) is 0. The monoisotopic (exact) mass is 213 g/mol. The van der Waals surface area contributed by atoms with Crippen molar-refractivity contribution in [1.29, 1.82) is 0 Å². The molecule has 0 unspecified atom stereocenters. The van der Waals surface area contributed by atoms with Crippen LogP contribution in [0.5, 0.6) is 5.75 Å². The van der Waals surface area contributed by atoms with Gasteiger partial charge >= 0.3 is 0 Å². The Morgan fingerprint density at radius 1 is 1.47 bits per heavy atom. The molecule has 2 N–H and O–H groups in total. The Balaban J connectivity index is 3.16. The van der Waals surface area contributed by atoms with Crippen molar-refractivity contribution in [2.45, 2.75) is 0 Å². The molecule has 0 spiro atoms. The van der Waals surface area contributed by atoms with Gasteiger partial charge in [0.2, 0.25) is 5.91 Å². The molecular weight excluding hydrogens is 204 g/mol. The fraction of sp³-hybridized carbons (Fsp3) is 0.100. The highest BCUT2D eigenvalue weighted by atomic mass is 19.1. The Morgan fingerprint density at radius 3 is 2.67 bits per heavy atom. The summed E-state index contributed by atoms with van der Waals surface area (Å²) in [6, 6.07) is 2.23. The molecule has 15 heavy (non-hydrogen) atoms. The van der Waals surface area contributed by atoms with Crippen LogP contribution in [0.3, 0.4) is 0 Å². The van der Waals surface area contributed by atoms with Gasteiger partial charge in [-0.1, -0.05) is 0 Å². The van der Waals surface area contributed by atoms with E-state index in [1.54, 1.807) is 0 Å². The molecule has 1 aromatic rings. The smallest absolute Gasteiger partial charge is 0.241 e. The molecule has 0 aliphatic carbocycles. The first-order chi connectivity index (χ1) is 7.06. The number of rotatable bonds is 3. The fourth-order valence-corrected chi connectivity index (χ4v) is 1.04. The first kappa shape index (κ1) is 11.2. The van der Waals surface area contributed by atoms with Gasteiger partial charge in [-0.3, -0.25) is 4.79 Å². The zero-order chi connectivity index (χ0) is 11.4. The van der Waals surface area contributed by atoms with E-state index in [-0.39, 0.29) is 5.56 Å². The number of primary amides is 1. The molecule has 0 aliphatic rings. The number of methoxy groups -OCH3 is 1. The summed E-state index contributed by atoms with van der Waals surface area (Å²) in [4.78, 5) is 10.4. The third-order valence-corrected chi connectivity index (χ3v) is 1.71. The number of ether oxygens (including phenoxy) is 1. The normalized spacial score (nSPS) is 10.6. The second kappa shape index (κ2) is 4.54.